The normalized spacial score (nSPS) is 21.4. The minimum Gasteiger partial charge on any atom is -0.381 e. The van der Waals surface area contributed by atoms with E-state index in [9.17, 15) is 4.79 Å². The van der Waals surface area contributed by atoms with Crippen molar-refractivity contribution in [1.82, 2.24) is 14.5 Å². The van der Waals surface area contributed by atoms with Crippen molar-refractivity contribution in [2.24, 2.45) is 13.0 Å². The molecule has 5 heteroatoms. The van der Waals surface area contributed by atoms with Gasteiger partial charge in [-0.25, -0.2) is 4.98 Å². The van der Waals surface area contributed by atoms with Crippen LogP contribution in [0.25, 0.3) is 0 Å². The molecule has 122 valence electrons. The van der Waals surface area contributed by atoms with Crippen LogP contribution in [0.15, 0.2) is 42.7 Å². The van der Waals surface area contributed by atoms with Gasteiger partial charge in [0.15, 0.2) is 5.82 Å². The minimum absolute atomic E-state index is 0.00474. The second-order valence-corrected chi connectivity index (χ2v) is 6.13. The van der Waals surface area contributed by atoms with Gasteiger partial charge in [0.25, 0.3) is 5.91 Å². The Labute approximate surface area is 136 Å². The SMILES string of the molecule is CO[C@@H]1CCN(C(=O)c2nccn2C)C[C@H]1Cc1ccccc1. The molecule has 3 rings (SSSR count). The van der Waals surface area contributed by atoms with Gasteiger partial charge in [-0.1, -0.05) is 30.3 Å². The van der Waals surface area contributed by atoms with Crippen molar-refractivity contribution in [3.05, 3.63) is 54.1 Å². The molecule has 1 aromatic heterocycles. The van der Waals surface area contributed by atoms with Gasteiger partial charge in [-0.05, 0) is 18.4 Å². The summed E-state index contributed by atoms with van der Waals surface area (Å²) >= 11 is 0. The number of nitrogens with zero attached hydrogens (tertiary/aromatic N) is 3. The van der Waals surface area contributed by atoms with Gasteiger partial charge < -0.3 is 14.2 Å². The molecule has 1 saturated heterocycles. The lowest BCUT2D eigenvalue weighted by atomic mass is 9.88. The van der Waals surface area contributed by atoms with Gasteiger partial charge in [-0.3, -0.25) is 4.79 Å². The predicted molar refractivity (Wildman–Crippen MR) is 88.2 cm³/mol. The molecular formula is C18H23N3O2. The molecule has 5 nitrogen and oxygen atoms in total. The fourth-order valence-corrected chi connectivity index (χ4v) is 3.33. The van der Waals surface area contributed by atoms with Crippen LogP contribution in [0, 0.1) is 5.92 Å². The van der Waals surface area contributed by atoms with E-state index in [0.717, 1.165) is 19.4 Å². The molecule has 1 aliphatic heterocycles. The van der Waals surface area contributed by atoms with Gasteiger partial charge >= 0.3 is 0 Å². The Morgan fingerprint density at radius 3 is 2.78 bits per heavy atom. The monoisotopic (exact) mass is 313 g/mol. The molecule has 0 spiro atoms. The van der Waals surface area contributed by atoms with Gasteiger partial charge in [0, 0.05) is 45.6 Å². The van der Waals surface area contributed by atoms with E-state index in [1.165, 1.54) is 5.56 Å². The smallest absolute Gasteiger partial charge is 0.289 e. The molecule has 2 aromatic rings. The molecule has 0 aliphatic carbocycles. The third-order valence-electron chi connectivity index (χ3n) is 4.61. The van der Waals surface area contributed by atoms with E-state index in [1.807, 2.05) is 18.0 Å². The molecule has 0 saturated carbocycles. The number of rotatable bonds is 4. The average molecular weight is 313 g/mol. The zero-order valence-corrected chi connectivity index (χ0v) is 13.7. The number of hydrogen-bond acceptors (Lipinski definition) is 3. The molecule has 1 aliphatic rings. The highest BCUT2D eigenvalue weighted by molar-refractivity contribution is 5.90. The molecule has 0 N–H and O–H groups in total. The molecule has 0 radical (unpaired) electrons. The number of benzene rings is 1. The summed E-state index contributed by atoms with van der Waals surface area (Å²) in [5.41, 5.74) is 1.28. The van der Waals surface area contributed by atoms with Crippen molar-refractivity contribution in [3.63, 3.8) is 0 Å². The first-order valence-electron chi connectivity index (χ1n) is 8.02. The highest BCUT2D eigenvalue weighted by Gasteiger charge is 2.33. The number of ether oxygens (including phenoxy) is 1. The van der Waals surface area contributed by atoms with Gasteiger partial charge in [0.05, 0.1) is 6.10 Å². The van der Waals surface area contributed by atoms with Crippen LogP contribution in [0.1, 0.15) is 22.6 Å². The molecule has 0 bridgehead atoms. The van der Waals surface area contributed by atoms with Crippen LogP contribution in [-0.2, 0) is 18.2 Å². The van der Waals surface area contributed by atoms with Crippen molar-refractivity contribution in [1.29, 1.82) is 0 Å². The number of imidazole rings is 1. The van der Waals surface area contributed by atoms with E-state index in [4.69, 9.17) is 4.74 Å². The van der Waals surface area contributed by atoms with Crippen LogP contribution >= 0.6 is 0 Å². The number of amides is 1. The summed E-state index contributed by atoms with van der Waals surface area (Å²) in [6, 6.07) is 10.4. The summed E-state index contributed by atoms with van der Waals surface area (Å²) in [6.45, 7) is 1.43. The molecule has 1 amide bonds. The first-order chi connectivity index (χ1) is 11.2. The number of aryl methyl sites for hydroxylation is 1. The van der Waals surface area contributed by atoms with Crippen molar-refractivity contribution in [3.8, 4) is 0 Å². The zero-order chi connectivity index (χ0) is 16.2. The first kappa shape index (κ1) is 15.7. The van der Waals surface area contributed by atoms with E-state index < -0.39 is 0 Å². The van der Waals surface area contributed by atoms with Crippen LogP contribution in [0.3, 0.4) is 0 Å². The zero-order valence-electron chi connectivity index (χ0n) is 13.7. The molecule has 1 fully saturated rings. The Kier molecular flexibility index (Phi) is 4.76. The number of carbonyl (C=O) groups is 1. The fraction of sp³-hybridized carbons (Fsp3) is 0.444. The third-order valence-corrected chi connectivity index (χ3v) is 4.61. The molecule has 23 heavy (non-hydrogen) atoms. The number of likely N-dealkylation sites (tertiary alicyclic amines) is 1. The quantitative estimate of drug-likeness (QED) is 0.869. The number of carbonyl (C=O) groups excluding carboxylic acids is 1. The van der Waals surface area contributed by atoms with Crippen molar-refractivity contribution >= 4 is 5.91 Å². The molecule has 2 heterocycles. The Morgan fingerprint density at radius 1 is 1.35 bits per heavy atom. The Morgan fingerprint density at radius 2 is 2.13 bits per heavy atom. The summed E-state index contributed by atoms with van der Waals surface area (Å²) in [5, 5.41) is 0. The topological polar surface area (TPSA) is 47.4 Å². The van der Waals surface area contributed by atoms with Crippen molar-refractivity contribution in [2.75, 3.05) is 20.2 Å². The second kappa shape index (κ2) is 6.96. The molecule has 0 unspecified atom stereocenters. The average Bonchev–Trinajstić information content (AvgIpc) is 3.01. The fourth-order valence-electron chi connectivity index (χ4n) is 3.33. The van der Waals surface area contributed by atoms with Crippen LogP contribution < -0.4 is 0 Å². The molecule has 1 aromatic carbocycles. The number of hydrogen-bond donors (Lipinski definition) is 0. The van der Waals surface area contributed by atoms with Crippen LogP contribution in [-0.4, -0.2) is 46.7 Å². The van der Waals surface area contributed by atoms with Crippen LogP contribution in [0.5, 0.6) is 0 Å². The predicted octanol–water partition coefficient (Wildman–Crippen LogP) is 2.14. The second-order valence-electron chi connectivity index (χ2n) is 6.13. The van der Waals surface area contributed by atoms with Gasteiger partial charge in [0.2, 0.25) is 0 Å². The minimum atomic E-state index is 0.00474. The van der Waals surface area contributed by atoms with E-state index in [0.29, 0.717) is 18.3 Å². The maximum absolute atomic E-state index is 12.7. The first-order valence-corrected chi connectivity index (χ1v) is 8.02. The third kappa shape index (κ3) is 3.45. The lowest BCUT2D eigenvalue weighted by molar-refractivity contribution is -0.00346. The molecular weight excluding hydrogens is 290 g/mol. The highest BCUT2D eigenvalue weighted by Crippen LogP contribution is 2.24. The highest BCUT2D eigenvalue weighted by atomic mass is 16.5. The van der Waals surface area contributed by atoms with Crippen LogP contribution in [0.4, 0.5) is 0 Å². The maximum atomic E-state index is 12.7. The summed E-state index contributed by atoms with van der Waals surface area (Å²) in [7, 11) is 3.61. The Hall–Kier alpha value is -2.14. The lowest BCUT2D eigenvalue weighted by Crippen LogP contribution is -2.47. The number of methoxy groups -OCH3 is 1. The summed E-state index contributed by atoms with van der Waals surface area (Å²) in [4.78, 5) is 18.8. The lowest BCUT2D eigenvalue weighted by Gasteiger charge is -2.37. The van der Waals surface area contributed by atoms with E-state index >= 15 is 0 Å². The van der Waals surface area contributed by atoms with E-state index in [2.05, 4.69) is 29.2 Å². The standard InChI is InChI=1S/C18H23N3O2/c1-20-11-9-19-17(20)18(22)21-10-8-16(23-2)15(13-21)12-14-6-4-3-5-7-14/h3-7,9,11,15-16H,8,10,12-13H2,1-2H3/t15-,16-/m1/s1. The summed E-state index contributed by atoms with van der Waals surface area (Å²) in [6.07, 6.45) is 5.45. The number of aromatic nitrogens is 2. The molecule has 2 atom stereocenters. The summed E-state index contributed by atoms with van der Waals surface area (Å²) < 4.78 is 7.43. The van der Waals surface area contributed by atoms with Gasteiger partial charge in [0.1, 0.15) is 0 Å². The summed E-state index contributed by atoms with van der Waals surface area (Å²) in [5.74, 6) is 0.810. The van der Waals surface area contributed by atoms with Crippen LogP contribution in [0.2, 0.25) is 0 Å². The maximum Gasteiger partial charge on any atom is 0.289 e. The largest absolute Gasteiger partial charge is 0.381 e. The van der Waals surface area contributed by atoms with Crippen molar-refractivity contribution in [2.45, 2.75) is 18.9 Å². The Bertz CT molecular complexity index is 653. The van der Waals surface area contributed by atoms with Gasteiger partial charge in [-0.15, -0.1) is 0 Å². The number of piperidine rings is 1. The van der Waals surface area contributed by atoms with Crippen molar-refractivity contribution < 1.29 is 9.53 Å². The Balaban J connectivity index is 1.73. The van der Waals surface area contributed by atoms with E-state index in [1.54, 1.807) is 24.1 Å². The van der Waals surface area contributed by atoms with Gasteiger partial charge in [-0.2, -0.15) is 0 Å². The van der Waals surface area contributed by atoms with E-state index in [-0.39, 0.29) is 12.0 Å².